The fourth-order valence-electron chi connectivity index (χ4n) is 4.89. The lowest BCUT2D eigenvalue weighted by atomic mass is 9.85. The van der Waals surface area contributed by atoms with Gasteiger partial charge in [-0.3, -0.25) is 4.79 Å². The SMILES string of the molecule is CC(C)Nc1cc(-c2cc3n(c2)CC2(COC2)CN(Cc2cccc(F)c2CO)C3=O)c(Cl)cn1. The Bertz CT molecular complexity index is 1270. The summed E-state index contributed by atoms with van der Waals surface area (Å²) in [4.78, 5) is 19.8. The number of hydrogen-bond acceptors (Lipinski definition) is 5. The van der Waals surface area contributed by atoms with E-state index in [1.54, 1.807) is 23.2 Å². The van der Waals surface area contributed by atoms with Gasteiger partial charge >= 0.3 is 0 Å². The maximum Gasteiger partial charge on any atom is 0.270 e. The minimum Gasteiger partial charge on any atom is -0.392 e. The van der Waals surface area contributed by atoms with Crippen molar-refractivity contribution in [3.05, 3.63) is 70.4 Å². The molecule has 35 heavy (non-hydrogen) atoms. The van der Waals surface area contributed by atoms with E-state index in [0.717, 1.165) is 11.1 Å². The molecule has 2 N–H and O–H groups in total. The number of nitrogens with one attached hydrogen (secondary N) is 1. The van der Waals surface area contributed by atoms with Gasteiger partial charge < -0.3 is 24.6 Å². The summed E-state index contributed by atoms with van der Waals surface area (Å²) in [7, 11) is 0. The molecule has 2 aliphatic rings. The van der Waals surface area contributed by atoms with Crippen molar-refractivity contribution in [2.24, 2.45) is 5.41 Å². The Morgan fingerprint density at radius 1 is 1.29 bits per heavy atom. The number of pyridine rings is 1. The molecule has 1 aromatic carbocycles. The van der Waals surface area contributed by atoms with Crippen LogP contribution in [0.25, 0.3) is 11.1 Å². The fourth-order valence-corrected chi connectivity index (χ4v) is 5.10. The minimum atomic E-state index is -0.474. The number of fused-ring (bicyclic) bond motifs is 1. The predicted molar refractivity (Wildman–Crippen MR) is 132 cm³/mol. The summed E-state index contributed by atoms with van der Waals surface area (Å²) >= 11 is 6.50. The van der Waals surface area contributed by atoms with Crippen LogP contribution in [-0.2, 0) is 24.4 Å². The van der Waals surface area contributed by atoms with Gasteiger partial charge in [0.1, 0.15) is 17.3 Å². The zero-order chi connectivity index (χ0) is 24.7. The lowest BCUT2D eigenvalue weighted by Crippen LogP contribution is -2.52. The number of carbonyl (C=O) groups is 1. The normalized spacial score (nSPS) is 16.9. The van der Waals surface area contributed by atoms with Gasteiger partial charge in [0.25, 0.3) is 5.91 Å². The van der Waals surface area contributed by atoms with Gasteiger partial charge in [-0.1, -0.05) is 23.7 Å². The number of rotatable bonds is 6. The van der Waals surface area contributed by atoms with Crippen LogP contribution < -0.4 is 5.32 Å². The maximum atomic E-state index is 14.3. The molecule has 1 saturated heterocycles. The molecule has 0 aliphatic carbocycles. The molecule has 3 aromatic rings. The lowest BCUT2D eigenvalue weighted by Gasteiger charge is -2.43. The third kappa shape index (κ3) is 4.53. The van der Waals surface area contributed by atoms with Gasteiger partial charge in [0, 0.05) is 54.8 Å². The molecule has 0 saturated carbocycles. The number of halogens is 2. The van der Waals surface area contributed by atoms with E-state index in [1.165, 1.54) is 6.07 Å². The number of nitrogens with zero attached hydrogens (tertiary/aromatic N) is 3. The van der Waals surface area contributed by atoms with Gasteiger partial charge in [-0.15, -0.1) is 0 Å². The summed E-state index contributed by atoms with van der Waals surface area (Å²) in [6.07, 6.45) is 3.57. The summed E-state index contributed by atoms with van der Waals surface area (Å²) in [6, 6.07) is 8.63. The molecule has 0 bridgehead atoms. The molecule has 5 rings (SSSR count). The topological polar surface area (TPSA) is 79.6 Å². The number of ether oxygens (including phenoxy) is 1. The van der Waals surface area contributed by atoms with Crippen LogP contribution >= 0.6 is 11.6 Å². The number of aromatic nitrogens is 2. The largest absolute Gasteiger partial charge is 0.392 e. The third-order valence-corrected chi connectivity index (χ3v) is 6.89. The van der Waals surface area contributed by atoms with E-state index in [-0.39, 0.29) is 29.5 Å². The number of aliphatic hydroxyl groups excluding tert-OH is 1. The molecule has 0 atom stereocenters. The summed E-state index contributed by atoms with van der Waals surface area (Å²) in [6.45, 7) is 6.04. The summed E-state index contributed by atoms with van der Waals surface area (Å²) in [5, 5.41) is 13.5. The Morgan fingerprint density at radius 3 is 2.77 bits per heavy atom. The number of anilines is 1. The van der Waals surface area contributed by atoms with Crippen molar-refractivity contribution < 1.29 is 19.0 Å². The van der Waals surface area contributed by atoms with E-state index in [1.807, 2.05) is 36.7 Å². The van der Waals surface area contributed by atoms with E-state index in [2.05, 4.69) is 10.3 Å². The Morgan fingerprint density at radius 2 is 2.09 bits per heavy atom. The van der Waals surface area contributed by atoms with Crippen molar-refractivity contribution >= 4 is 23.3 Å². The van der Waals surface area contributed by atoms with Gasteiger partial charge in [-0.25, -0.2) is 9.37 Å². The zero-order valence-corrected chi connectivity index (χ0v) is 20.5. The second-order valence-electron chi connectivity index (χ2n) is 9.78. The average Bonchev–Trinajstić information content (AvgIpc) is 3.16. The second kappa shape index (κ2) is 9.26. The highest BCUT2D eigenvalue weighted by Crippen LogP contribution is 2.38. The first-order chi connectivity index (χ1) is 16.8. The van der Waals surface area contributed by atoms with Crippen LogP contribution in [0.5, 0.6) is 0 Å². The molecule has 7 nitrogen and oxygen atoms in total. The average molecular weight is 499 g/mol. The van der Waals surface area contributed by atoms with E-state index in [9.17, 15) is 14.3 Å². The zero-order valence-electron chi connectivity index (χ0n) is 19.7. The third-order valence-electron chi connectivity index (χ3n) is 6.59. The molecule has 2 aromatic heterocycles. The Hall–Kier alpha value is -2.94. The Kier molecular flexibility index (Phi) is 6.29. The van der Waals surface area contributed by atoms with Crippen LogP contribution in [0.1, 0.15) is 35.5 Å². The summed E-state index contributed by atoms with van der Waals surface area (Å²) in [5.74, 6) is 0.0805. The predicted octanol–water partition coefficient (Wildman–Crippen LogP) is 4.33. The molecule has 4 heterocycles. The van der Waals surface area contributed by atoms with Crippen LogP contribution in [0.3, 0.4) is 0 Å². The molecule has 0 radical (unpaired) electrons. The number of carbonyl (C=O) groups excluding carboxylic acids is 1. The lowest BCUT2D eigenvalue weighted by molar-refractivity contribution is -0.129. The van der Waals surface area contributed by atoms with Gasteiger partial charge in [0.2, 0.25) is 0 Å². The smallest absolute Gasteiger partial charge is 0.270 e. The molecule has 1 amide bonds. The van der Waals surface area contributed by atoms with Crippen LogP contribution in [0.4, 0.5) is 10.2 Å². The molecule has 184 valence electrons. The maximum absolute atomic E-state index is 14.3. The quantitative estimate of drug-likeness (QED) is 0.529. The fraction of sp³-hybridized carbons (Fsp3) is 0.385. The number of benzene rings is 1. The van der Waals surface area contributed by atoms with Crippen molar-refractivity contribution in [2.45, 2.75) is 39.6 Å². The summed E-state index contributed by atoms with van der Waals surface area (Å²) in [5.41, 5.74) is 2.74. The van der Waals surface area contributed by atoms with Gasteiger partial charge in [0.05, 0.1) is 30.3 Å². The van der Waals surface area contributed by atoms with E-state index < -0.39 is 12.4 Å². The molecule has 1 fully saturated rings. The molecule has 2 aliphatic heterocycles. The van der Waals surface area contributed by atoms with E-state index >= 15 is 0 Å². The summed E-state index contributed by atoms with van der Waals surface area (Å²) < 4.78 is 21.8. The molecular weight excluding hydrogens is 471 g/mol. The van der Waals surface area contributed by atoms with Crippen LogP contribution in [0, 0.1) is 11.2 Å². The van der Waals surface area contributed by atoms with Crippen molar-refractivity contribution in [1.82, 2.24) is 14.5 Å². The number of amides is 1. The van der Waals surface area contributed by atoms with Gasteiger partial charge in [0.15, 0.2) is 0 Å². The number of aliphatic hydroxyl groups is 1. The first-order valence-electron chi connectivity index (χ1n) is 11.7. The highest BCUT2D eigenvalue weighted by Gasteiger charge is 2.45. The van der Waals surface area contributed by atoms with E-state index in [0.29, 0.717) is 48.4 Å². The molecular formula is C26H28ClFN4O3. The highest BCUT2D eigenvalue weighted by molar-refractivity contribution is 6.33. The highest BCUT2D eigenvalue weighted by atomic mass is 35.5. The molecule has 0 unspecified atom stereocenters. The first kappa shape index (κ1) is 23.8. The minimum absolute atomic E-state index is 0.154. The van der Waals surface area contributed by atoms with Crippen molar-refractivity contribution in [2.75, 3.05) is 25.1 Å². The van der Waals surface area contributed by atoms with E-state index in [4.69, 9.17) is 16.3 Å². The first-order valence-corrected chi connectivity index (χ1v) is 12.0. The second-order valence-corrected chi connectivity index (χ2v) is 10.2. The van der Waals surface area contributed by atoms with Crippen molar-refractivity contribution in [3.63, 3.8) is 0 Å². The standard InChI is InChI=1S/C26H28ClFN4O3/c1-16(2)30-24-7-19(21(27)8-29-24)18-6-23-25(34)32(9-17-4-3-5-22(28)20(17)11-33)13-26(14-35-15-26)12-31(23)10-18/h3-8,10,16,33H,9,11-15H2,1-2H3,(H,29,30). The Balaban J connectivity index is 1.53. The van der Waals surface area contributed by atoms with Crippen LogP contribution in [0.2, 0.25) is 5.02 Å². The van der Waals surface area contributed by atoms with Crippen molar-refractivity contribution in [3.8, 4) is 11.1 Å². The monoisotopic (exact) mass is 498 g/mol. The van der Waals surface area contributed by atoms with Gasteiger partial charge in [-0.2, -0.15) is 0 Å². The number of hydrogen-bond donors (Lipinski definition) is 2. The van der Waals surface area contributed by atoms with Crippen LogP contribution in [0.15, 0.2) is 42.7 Å². The Labute approximate surface area is 208 Å². The van der Waals surface area contributed by atoms with Gasteiger partial charge in [-0.05, 0) is 37.6 Å². The molecule has 1 spiro atoms. The van der Waals surface area contributed by atoms with Crippen LogP contribution in [-0.4, -0.2) is 51.3 Å². The van der Waals surface area contributed by atoms with Crippen molar-refractivity contribution in [1.29, 1.82) is 0 Å². The molecule has 9 heteroatoms.